The molecule has 1 heterocycles. The number of nitrogens with one attached hydrogen (secondary N) is 1. The van der Waals surface area contributed by atoms with E-state index < -0.39 is 0 Å². The molecule has 4 nitrogen and oxygen atoms in total. The molecule has 0 aliphatic heterocycles. The van der Waals surface area contributed by atoms with Crippen molar-refractivity contribution in [1.82, 2.24) is 5.32 Å². The summed E-state index contributed by atoms with van der Waals surface area (Å²) in [7, 11) is 0. The van der Waals surface area contributed by atoms with Crippen LogP contribution >= 0.6 is 0 Å². The van der Waals surface area contributed by atoms with Gasteiger partial charge in [0.1, 0.15) is 0 Å². The van der Waals surface area contributed by atoms with Crippen LogP contribution in [-0.4, -0.2) is 18.0 Å². The van der Waals surface area contributed by atoms with Crippen LogP contribution in [0.1, 0.15) is 29.8 Å². The van der Waals surface area contributed by atoms with E-state index in [9.17, 15) is 4.79 Å². The van der Waals surface area contributed by atoms with E-state index in [0.717, 1.165) is 19.3 Å². The van der Waals surface area contributed by atoms with Crippen LogP contribution in [-0.2, 0) is 0 Å². The van der Waals surface area contributed by atoms with Gasteiger partial charge in [0.15, 0.2) is 5.76 Å². The minimum atomic E-state index is -0.188. The highest BCUT2D eigenvalue weighted by Gasteiger charge is 2.32. The summed E-state index contributed by atoms with van der Waals surface area (Å²) in [6.45, 7) is 0.534. The standard InChI is InChI=1S/C10H14N2O2/c11-10(4-2-5-10)7-12-9(13)8-3-1-6-14-8/h1,3,6H,2,4-5,7,11H2,(H,12,13). The molecule has 1 fully saturated rings. The molecule has 0 radical (unpaired) electrons. The lowest BCUT2D eigenvalue weighted by Crippen LogP contribution is -2.54. The number of amides is 1. The zero-order chi connectivity index (χ0) is 10.0. The topological polar surface area (TPSA) is 68.3 Å². The second kappa shape index (κ2) is 3.46. The number of hydrogen-bond donors (Lipinski definition) is 2. The minimum absolute atomic E-state index is 0.178. The Bertz CT molecular complexity index is 315. The molecule has 1 saturated carbocycles. The van der Waals surface area contributed by atoms with Crippen molar-refractivity contribution in [3.05, 3.63) is 24.2 Å². The van der Waals surface area contributed by atoms with Gasteiger partial charge in [0.25, 0.3) is 5.91 Å². The smallest absolute Gasteiger partial charge is 0.287 e. The summed E-state index contributed by atoms with van der Waals surface area (Å²) in [6, 6.07) is 3.33. The van der Waals surface area contributed by atoms with Crippen LogP contribution in [0.2, 0.25) is 0 Å². The first-order valence-electron chi connectivity index (χ1n) is 4.80. The summed E-state index contributed by atoms with van der Waals surface area (Å²) in [5.41, 5.74) is 5.78. The van der Waals surface area contributed by atoms with E-state index in [1.807, 2.05) is 0 Å². The van der Waals surface area contributed by atoms with Gasteiger partial charge in [-0.3, -0.25) is 4.79 Å². The van der Waals surface area contributed by atoms with Crippen molar-refractivity contribution in [2.45, 2.75) is 24.8 Å². The molecule has 0 unspecified atom stereocenters. The molecule has 14 heavy (non-hydrogen) atoms. The third kappa shape index (κ3) is 1.80. The summed E-state index contributed by atoms with van der Waals surface area (Å²) in [5, 5.41) is 2.77. The van der Waals surface area contributed by atoms with E-state index in [4.69, 9.17) is 10.2 Å². The molecular weight excluding hydrogens is 180 g/mol. The second-order valence-corrected chi connectivity index (χ2v) is 3.88. The van der Waals surface area contributed by atoms with Gasteiger partial charge in [-0.2, -0.15) is 0 Å². The summed E-state index contributed by atoms with van der Waals surface area (Å²) in [5.74, 6) is 0.152. The Hall–Kier alpha value is -1.29. The first-order chi connectivity index (χ1) is 6.70. The molecule has 0 atom stereocenters. The number of rotatable bonds is 3. The molecule has 0 spiro atoms. The second-order valence-electron chi connectivity index (χ2n) is 3.88. The zero-order valence-corrected chi connectivity index (χ0v) is 7.95. The monoisotopic (exact) mass is 194 g/mol. The molecular formula is C10H14N2O2. The normalized spacial score (nSPS) is 18.6. The molecule has 1 aliphatic carbocycles. The predicted molar refractivity (Wildman–Crippen MR) is 51.8 cm³/mol. The highest BCUT2D eigenvalue weighted by molar-refractivity contribution is 5.91. The van der Waals surface area contributed by atoms with Crippen molar-refractivity contribution in [2.75, 3.05) is 6.54 Å². The molecule has 1 aromatic rings. The first-order valence-corrected chi connectivity index (χ1v) is 4.80. The largest absolute Gasteiger partial charge is 0.459 e. The molecule has 0 saturated heterocycles. The fourth-order valence-corrected chi connectivity index (χ4v) is 1.56. The van der Waals surface area contributed by atoms with Crippen molar-refractivity contribution in [1.29, 1.82) is 0 Å². The van der Waals surface area contributed by atoms with Crippen LogP contribution in [0.3, 0.4) is 0 Å². The van der Waals surface area contributed by atoms with Gasteiger partial charge in [-0.15, -0.1) is 0 Å². The van der Waals surface area contributed by atoms with Crippen molar-refractivity contribution < 1.29 is 9.21 Å². The molecule has 4 heteroatoms. The van der Waals surface area contributed by atoms with E-state index in [2.05, 4.69) is 5.32 Å². The first kappa shape index (κ1) is 9.27. The molecule has 0 bridgehead atoms. The number of nitrogens with two attached hydrogens (primary N) is 1. The van der Waals surface area contributed by atoms with Crippen LogP contribution in [0.25, 0.3) is 0 Å². The van der Waals surface area contributed by atoms with Crippen LogP contribution in [0.15, 0.2) is 22.8 Å². The van der Waals surface area contributed by atoms with Gasteiger partial charge >= 0.3 is 0 Å². The lowest BCUT2D eigenvalue weighted by atomic mass is 9.78. The quantitative estimate of drug-likeness (QED) is 0.750. The minimum Gasteiger partial charge on any atom is -0.459 e. The SMILES string of the molecule is NC1(CNC(=O)c2ccco2)CCC1. The van der Waals surface area contributed by atoms with Gasteiger partial charge in [0.05, 0.1) is 6.26 Å². The Morgan fingerprint density at radius 2 is 2.43 bits per heavy atom. The average Bonchev–Trinajstić information content (AvgIpc) is 2.63. The maximum Gasteiger partial charge on any atom is 0.287 e. The fraction of sp³-hybridized carbons (Fsp3) is 0.500. The van der Waals surface area contributed by atoms with Crippen molar-refractivity contribution >= 4 is 5.91 Å². The number of hydrogen-bond acceptors (Lipinski definition) is 3. The van der Waals surface area contributed by atoms with Crippen LogP contribution < -0.4 is 11.1 Å². The zero-order valence-electron chi connectivity index (χ0n) is 7.95. The maximum absolute atomic E-state index is 11.4. The molecule has 76 valence electrons. The van der Waals surface area contributed by atoms with E-state index >= 15 is 0 Å². The van der Waals surface area contributed by atoms with Gasteiger partial charge in [0, 0.05) is 12.1 Å². The third-order valence-corrected chi connectivity index (χ3v) is 2.70. The van der Waals surface area contributed by atoms with E-state index in [1.54, 1.807) is 12.1 Å². The van der Waals surface area contributed by atoms with Crippen molar-refractivity contribution in [3.63, 3.8) is 0 Å². The molecule has 2 rings (SSSR count). The maximum atomic E-state index is 11.4. The Balaban J connectivity index is 1.84. The molecule has 1 aromatic heterocycles. The number of carbonyl (C=O) groups excluding carboxylic acids is 1. The molecule has 3 N–H and O–H groups in total. The van der Waals surface area contributed by atoms with Gasteiger partial charge in [0.2, 0.25) is 0 Å². The molecule has 0 aromatic carbocycles. The van der Waals surface area contributed by atoms with Gasteiger partial charge < -0.3 is 15.5 Å². The Morgan fingerprint density at radius 1 is 1.64 bits per heavy atom. The van der Waals surface area contributed by atoms with E-state index in [0.29, 0.717) is 12.3 Å². The van der Waals surface area contributed by atoms with Crippen molar-refractivity contribution in [2.24, 2.45) is 5.73 Å². The van der Waals surface area contributed by atoms with Gasteiger partial charge in [-0.05, 0) is 31.4 Å². The highest BCUT2D eigenvalue weighted by Crippen LogP contribution is 2.28. The van der Waals surface area contributed by atoms with Crippen LogP contribution in [0, 0.1) is 0 Å². The lowest BCUT2D eigenvalue weighted by Gasteiger charge is -2.37. The van der Waals surface area contributed by atoms with Gasteiger partial charge in [-0.1, -0.05) is 0 Å². The van der Waals surface area contributed by atoms with Crippen LogP contribution in [0.5, 0.6) is 0 Å². The Labute approximate surface area is 82.5 Å². The number of furan rings is 1. The van der Waals surface area contributed by atoms with Gasteiger partial charge in [-0.25, -0.2) is 0 Å². The lowest BCUT2D eigenvalue weighted by molar-refractivity contribution is 0.0902. The summed E-state index contributed by atoms with van der Waals surface area (Å²) in [4.78, 5) is 11.4. The molecule has 1 amide bonds. The number of carbonyl (C=O) groups is 1. The van der Waals surface area contributed by atoms with Crippen molar-refractivity contribution in [3.8, 4) is 0 Å². The van der Waals surface area contributed by atoms with Crippen LogP contribution in [0.4, 0.5) is 0 Å². The Kier molecular flexibility index (Phi) is 2.29. The fourth-order valence-electron chi connectivity index (χ4n) is 1.56. The average molecular weight is 194 g/mol. The summed E-state index contributed by atoms with van der Waals surface area (Å²) < 4.78 is 4.96. The molecule has 1 aliphatic rings. The third-order valence-electron chi connectivity index (χ3n) is 2.70. The summed E-state index contributed by atoms with van der Waals surface area (Å²) >= 11 is 0. The van der Waals surface area contributed by atoms with E-state index in [1.165, 1.54) is 6.26 Å². The predicted octanol–water partition coefficient (Wildman–Crippen LogP) is 0.891. The van der Waals surface area contributed by atoms with E-state index in [-0.39, 0.29) is 11.4 Å². The summed E-state index contributed by atoms with van der Waals surface area (Å²) in [6.07, 6.45) is 4.63. The highest BCUT2D eigenvalue weighted by atomic mass is 16.3. The Morgan fingerprint density at radius 3 is 2.93 bits per heavy atom.